The molecule has 19 heavy (non-hydrogen) atoms. The molecule has 0 saturated carbocycles. The quantitative estimate of drug-likeness (QED) is 0.478. The van der Waals surface area contributed by atoms with Gasteiger partial charge in [-0.15, -0.1) is 0 Å². The van der Waals surface area contributed by atoms with Gasteiger partial charge in [0.2, 0.25) is 0 Å². The van der Waals surface area contributed by atoms with E-state index in [4.69, 9.17) is 0 Å². The van der Waals surface area contributed by atoms with Crippen molar-refractivity contribution in [2.45, 2.75) is 46.0 Å². The van der Waals surface area contributed by atoms with E-state index in [0.717, 1.165) is 0 Å². The Bertz CT molecular complexity index is 410. The lowest BCUT2D eigenvalue weighted by atomic mass is 10.3. The second-order valence-corrected chi connectivity index (χ2v) is 9.17. The fraction of sp³-hybridized carbons (Fsp3) is 0.600. The Morgan fingerprint density at radius 3 is 1.84 bits per heavy atom. The molecule has 0 aromatic heterocycles. The highest BCUT2D eigenvalue weighted by atomic mass is 32.2. The topological polar surface area (TPSA) is 24.7 Å². The monoisotopic (exact) mass is 298 g/mol. The Labute approximate surface area is 122 Å². The second kappa shape index (κ2) is 7.95. The van der Waals surface area contributed by atoms with Crippen molar-refractivity contribution in [2.24, 2.45) is 9.98 Å². The van der Waals surface area contributed by atoms with Crippen LogP contribution in [0.15, 0.2) is 33.2 Å². The Morgan fingerprint density at radius 2 is 1.32 bits per heavy atom. The molecule has 2 aliphatic rings. The fourth-order valence-electron chi connectivity index (χ4n) is 2.25. The van der Waals surface area contributed by atoms with Crippen LogP contribution in [0.3, 0.4) is 0 Å². The highest BCUT2D eigenvalue weighted by Gasteiger charge is 2.24. The molecule has 0 aliphatic carbocycles. The molecule has 108 valence electrons. The number of hydrogen-bond donors (Lipinski definition) is 2. The van der Waals surface area contributed by atoms with E-state index in [1.165, 1.54) is 53.7 Å². The average Bonchev–Trinajstić information content (AvgIpc) is 3.04. The smallest absolute Gasteiger partial charge is 0.111 e. The number of hydrogen-bond acceptors (Lipinski definition) is 2. The first-order valence-corrected chi connectivity index (χ1v) is 10.6. The summed E-state index contributed by atoms with van der Waals surface area (Å²) in [5, 5.41) is 7.31. The van der Waals surface area contributed by atoms with Crippen LogP contribution in [-0.4, -0.2) is 21.6 Å². The molecule has 0 aromatic carbocycles. The summed E-state index contributed by atoms with van der Waals surface area (Å²) in [6.07, 6.45) is 10.6. The molecule has 2 atom stereocenters. The summed E-state index contributed by atoms with van der Waals surface area (Å²) in [4.78, 5) is 9.29. The van der Waals surface area contributed by atoms with E-state index in [0.29, 0.717) is 0 Å². The van der Waals surface area contributed by atoms with E-state index >= 15 is 0 Å². The summed E-state index contributed by atoms with van der Waals surface area (Å²) in [7, 11) is -0.314. The average molecular weight is 299 g/mol. The molecular weight excluding hydrogens is 272 g/mol. The van der Waals surface area contributed by atoms with Crippen molar-refractivity contribution >= 4 is 31.9 Å². The molecule has 0 spiro atoms. The van der Waals surface area contributed by atoms with Crippen LogP contribution in [0.25, 0.3) is 0 Å². The second-order valence-electron chi connectivity index (χ2n) is 4.95. The third-order valence-corrected chi connectivity index (χ3v) is 7.89. The van der Waals surface area contributed by atoms with Crippen LogP contribution in [0, 0.1) is 0 Å². The van der Waals surface area contributed by atoms with Crippen LogP contribution in [-0.2, 0) is 0 Å². The van der Waals surface area contributed by atoms with Crippen LogP contribution in [0.1, 0.15) is 46.0 Å². The minimum Gasteiger partial charge on any atom is -0.248 e. The normalized spacial score (nSPS) is 28.7. The summed E-state index contributed by atoms with van der Waals surface area (Å²) in [5.41, 5.74) is 0. The lowest BCUT2D eigenvalue weighted by molar-refractivity contribution is 0.779. The van der Waals surface area contributed by atoms with Gasteiger partial charge in [0.05, 0.1) is 0 Å². The van der Waals surface area contributed by atoms with Gasteiger partial charge in [-0.3, -0.25) is 0 Å². The summed E-state index contributed by atoms with van der Waals surface area (Å²) in [5.74, 6) is 2.59. The maximum atomic E-state index is 4.65. The van der Waals surface area contributed by atoms with Gasteiger partial charge in [0.15, 0.2) is 0 Å². The molecule has 0 saturated heterocycles. The van der Waals surface area contributed by atoms with Gasteiger partial charge in [-0.1, -0.05) is 33.1 Å². The van der Waals surface area contributed by atoms with Crippen LogP contribution >= 0.6 is 21.8 Å². The largest absolute Gasteiger partial charge is 0.248 e. The van der Waals surface area contributed by atoms with Gasteiger partial charge in [-0.2, -0.15) is 21.8 Å². The number of unbranched alkanes of at least 4 members (excludes halogenated alkanes) is 3. The van der Waals surface area contributed by atoms with Crippen molar-refractivity contribution in [3.8, 4) is 0 Å². The van der Waals surface area contributed by atoms with Crippen molar-refractivity contribution in [1.29, 1.82) is 0 Å². The third-order valence-electron chi connectivity index (χ3n) is 3.39. The van der Waals surface area contributed by atoms with E-state index in [2.05, 4.69) is 34.6 Å². The zero-order valence-electron chi connectivity index (χ0n) is 12.0. The summed E-state index contributed by atoms with van der Waals surface area (Å²) >= 11 is 0. The standard InChI is InChI=1S/C15H26N2S2/c1-3-5-7-11-19-13-9-17-15(19)14-16-8-12-18(14)10-6-4-2/h8-9,12-13,18-19H,3-7,10-11H2,1-2H3. The SMILES string of the molecule is CCCCC[SH]1C=CN=C1C1=NC=C[SH]1CCCC. The van der Waals surface area contributed by atoms with E-state index in [-0.39, 0.29) is 21.8 Å². The summed E-state index contributed by atoms with van der Waals surface area (Å²) in [6.45, 7) is 4.53. The van der Waals surface area contributed by atoms with E-state index in [9.17, 15) is 0 Å². The summed E-state index contributed by atoms with van der Waals surface area (Å²) < 4.78 is 0. The Balaban J connectivity index is 1.93. The summed E-state index contributed by atoms with van der Waals surface area (Å²) in [6, 6.07) is 0. The maximum Gasteiger partial charge on any atom is 0.111 e. The zero-order chi connectivity index (χ0) is 13.5. The minimum atomic E-state index is -0.158. The Morgan fingerprint density at radius 1 is 0.789 bits per heavy atom. The highest BCUT2D eigenvalue weighted by molar-refractivity contribution is 8.42. The van der Waals surface area contributed by atoms with E-state index in [1.807, 2.05) is 12.4 Å². The number of rotatable bonds is 8. The first kappa shape index (κ1) is 14.9. The van der Waals surface area contributed by atoms with Crippen LogP contribution in [0.5, 0.6) is 0 Å². The highest BCUT2D eigenvalue weighted by Crippen LogP contribution is 2.44. The van der Waals surface area contributed by atoms with Crippen LogP contribution < -0.4 is 0 Å². The lowest BCUT2D eigenvalue weighted by Crippen LogP contribution is -2.13. The third kappa shape index (κ3) is 3.99. The molecule has 0 radical (unpaired) electrons. The molecule has 0 amide bonds. The van der Waals surface area contributed by atoms with Gasteiger partial charge < -0.3 is 0 Å². The molecule has 2 heterocycles. The molecule has 0 N–H and O–H groups in total. The van der Waals surface area contributed by atoms with Gasteiger partial charge >= 0.3 is 0 Å². The minimum absolute atomic E-state index is 0.156. The number of nitrogens with zero attached hydrogens (tertiary/aromatic N) is 2. The molecule has 0 aromatic rings. The van der Waals surface area contributed by atoms with Crippen LogP contribution in [0.4, 0.5) is 0 Å². The van der Waals surface area contributed by atoms with Gasteiger partial charge in [-0.25, -0.2) is 9.98 Å². The number of aliphatic imine (C=N–C) groups is 2. The molecule has 2 nitrogen and oxygen atoms in total. The van der Waals surface area contributed by atoms with Gasteiger partial charge in [0, 0.05) is 12.4 Å². The molecule has 0 bridgehead atoms. The molecule has 4 heteroatoms. The lowest BCUT2D eigenvalue weighted by Gasteiger charge is -2.22. The molecule has 2 rings (SSSR count). The Hall–Kier alpha value is -0.480. The molecule has 0 fully saturated rings. The van der Waals surface area contributed by atoms with Gasteiger partial charge in [0.25, 0.3) is 0 Å². The van der Waals surface area contributed by atoms with E-state index in [1.54, 1.807) is 0 Å². The maximum absolute atomic E-state index is 4.65. The van der Waals surface area contributed by atoms with Crippen molar-refractivity contribution in [3.63, 3.8) is 0 Å². The van der Waals surface area contributed by atoms with Gasteiger partial charge in [0.1, 0.15) is 10.1 Å². The van der Waals surface area contributed by atoms with Crippen molar-refractivity contribution in [2.75, 3.05) is 11.5 Å². The predicted octanol–water partition coefficient (Wildman–Crippen LogP) is 4.75. The van der Waals surface area contributed by atoms with E-state index < -0.39 is 0 Å². The fourth-order valence-corrected chi connectivity index (χ4v) is 6.76. The molecular formula is C15H26N2S2. The zero-order valence-corrected chi connectivity index (χ0v) is 13.8. The van der Waals surface area contributed by atoms with Crippen molar-refractivity contribution < 1.29 is 0 Å². The molecule has 2 unspecified atom stereocenters. The van der Waals surface area contributed by atoms with Crippen LogP contribution in [0.2, 0.25) is 0 Å². The van der Waals surface area contributed by atoms with Crippen molar-refractivity contribution in [3.05, 3.63) is 23.2 Å². The predicted molar refractivity (Wildman–Crippen MR) is 95.3 cm³/mol. The Kier molecular flexibility index (Phi) is 6.24. The number of thiol groups is 2. The first-order chi connectivity index (χ1) is 9.36. The first-order valence-electron chi connectivity index (χ1n) is 7.39. The van der Waals surface area contributed by atoms with Gasteiger partial charge in [-0.05, 0) is 35.2 Å². The molecule has 2 aliphatic heterocycles. The van der Waals surface area contributed by atoms with Crippen molar-refractivity contribution in [1.82, 2.24) is 0 Å².